The Hall–Kier alpha value is -3.20. The van der Waals surface area contributed by atoms with Gasteiger partial charge in [0.1, 0.15) is 11.4 Å². The van der Waals surface area contributed by atoms with E-state index in [1.807, 2.05) is 0 Å². The van der Waals surface area contributed by atoms with Gasteiger partial charge in [-0.3, -0.25) is 5.32 Å². The highest BCUT2D eigenvalue weighted by Crippen LogP contribution is 2.31. The summed E-state index contributed by atoms with van der Waals surface area (Å²) >= 11 is 1.18. The molecule has 3 aromatic rings. The minimum absolute atomic E-state index is 0.0237. The molecule has 0 aliphatic carbocycles. The predicted octanol–water partition coefficient (Wildman–Crippen LogP) is 5.02. The molecule has 0 spiro atoms. The molecule has 29 heavy (non-hydrogen) atoms. The highest BCUT2D eigenvalue weighted by Gasteiger charge is 2.23. The zero-order valence-electron chi connectivity index (χ0n) is 16.0. The fraction of sp³-hybridized carbons (Fsp3) is 0.250. The van der Waals surface area contributed by atoms with E-state index in [9.17, 15) is 19.1 Å². The molecule has 1 unspecified atom stereocenters. The Balaban J connectivity index is 1.88. The van der Waals surface area contributed by atoms with Crippen LogP contribution in [0.5, 0.6) is 0 Å². The van der Waals surface area contributed by atoms with E-state index in [1.54, 1.807) is 45.0 Å². The third kappa shape index (κ3) is 5.00. The number of hydrogen-bond acceptors (Lipinski definition) is 6. The van der Waals surface area contributed by atoms with E-state index < -0.39 is 29.5 Å². The maximum absolute atomic E-state index is 14.1. The first-order chi connectivity index (χ1) is 13.6. The molecular weight excluding hydrogens is 397 g/mol. The molecule has 3 rings (SSSR count). The minimum Gasteiger partial charge on any atom is -0.479 e. The minimum atomic E-state index is -1.28. The first-order valence-corrected chi connectivity index (χ1v) is 9.54. The normalized spacial score (nSPS) is 12.4. The van der Waals surface area contributed by atoms with E-state index in [4.69, 9.17) is 4.74 Å². The third-order valence-corrected chi connectivity index (χ3v) is 4.69. The van der Waals surface area contributed by atoms with Crippen molar-refractivity contribution in [1.82, 2.24) is 4.37 Å². The summed E-state index contributed by atoms with van der Waals surface area (Å²) in [6.07, 6.45) is -0.641. The van der Waals surface area contributed by atoms with Gasteiger partial charge in [0.15, 0.2) is 11.9 Å². The molecule has 0 aliphatic rings. The van der Waals surface area contributed by atoms with Gasteiger partial charge >= 0.3 is 12.1 Å². The van der Waals surface area contributed by atoms with Crippen molar-refractivity contribution in [2.45, 2.75) is 32.4 Å². The van der Waals surface area contributed by atoms with Gasteiger partial charge in [-0.2, -0.15) is 4.37 Å². The molecule has 1 heterocycles. The second-order valence-electron chi connectivity index (χ2n) is 7.31. The van der Waals surface area contributed by atoms with Crippen LogP contribution in [0.15, 0.2) is 42.5 Å². The van der Waals surface area contributed by atoms with Crippen molar-refractivity contribution in [1.29, 1.82) is 0 Å². The second-order valence-corrected chi connectivity index (χ2v) is 8.11. The monoisotopic (exact) mass is 417 g/mol. The van der Waals surface area contributed by atoms with Crippen LogP contribution in [0.4, 0.5) is 20.7 Å². The number of benzene rings is 2. The van der Waals surface area contributed by atoms with Crippen LogP contribution in [0, 0.1) is 5.82 Å². The number of nitrogens with zero attached hydrogens (tertiary/aromatic N) is 1. The number of aliphatic carboxylic acids is 1. The van der Waals surface area contributed by atoms with Crippen molar-refractivity contribution in [3.63, 3.8) is 0 Å². The third-order valence-electron chi connectivity index (χ3n) is 3.86. The van der Waals surface area contributed by atoms with Crippen LogP contribution < -0.4 is 10.6 Å². The number of nitrogens with one attached hydrogen (secondary N) is 2. The molecule has 0 aliphatic heterocycles. The van der Waals surface area contributed by atoms with Gasteiger partial charge in [0.25, 0.3) is 0 Å². The summed E-state index contributed by atoms with van der Waals surface area (Å²) in [5, 5.41) is 15.6. The molecule has 2 aromatic carbocycles. The molecule has 1 amide bonds. The van der Waals surface area contributed by atoms with Gasteiger partial charge in [0.05, 0.1) is 4.70 Å². The first-order valence-electron chi connectivity index (χ1n) is 8.77. The smallest absolute Gasteiger partial charge is 0.413 e. The zero-order chi connectivity index (χ0) is 21.2. The molecule has 152 valence electrons. The number of ether oxygens (including phenoxy) is 1. The quantitative estimate of drug-likeness (QED) is 0.539. The number of hydrogen-bond donors (Lipinski definition) is 3. The Bertz CT molecular complexity index is 1060. The van der Waals surface area contributed by atoms with Crippen LogP contribution in [-0.2, 0) is 9.53 Å². The van der Waals surface area contributed by atoms with Crippen molar-refractivity contribution < 1.29 is 23.8 Å². The van der Waals surface area contributed by atoms with E-state index in [2.05, 4.69) is 15.0 Å². The molecule has 9 heteroatoms. The number of halogens is 1. The number of fused-ring (bicyclic) bond motifs is 1. The van der Waals surface area contributed by atoms with Gasteiger partial charge in [-0.1, -0.05) is 18.2 Å². The average Bonchev–Trinajstić information content (AvgIpc) is 3.01. The van der Waals surface area contributed by atoms with Gasteiger partial charge in [0, 0.05) is 16.6 Å². The largest absolute Gasteiger partial charge is 0.479 e. The van der Waals surface area contributed by atoms with Gasteiger partial charge in [-0.25, -0.2) is 14.0 Å². The summed E-state index contributed by atoms with van der Waals surface area (Å²) in [7, 11) is 0. The molecule has 7 nitrogen and oxygen atoms in total. The lowest BCUT2D eigenvalue weighted by molar-refractivity contribution is -0.138. The highest BCUT2D eigenvalue weighted by molar-refractivity contribution is 7.13. The van der Waals surface area contributed by atoms with Crippen LogP contribution in [0.2, 0.25) is 0 Å². The number of amides is 1. The fourth-order valence-electron chi connectivity index (χ4n) is 2.67. The number of carbonyl (C=O) groups is 2. The molecule has 3 N–H and O–H groups in total. The lowest BCUT2D eigenvalue weighted by Gasteiger charge is -2.19. The van der Waals surface area contributed by atoms with Crippen LogP contribution in [-0.4, -0.2) is 27.1 Å². The maximum Gasteiger partial charge on any atom is 0.413 e. The van der Waals surface area contributed by atoms with Crippen LogP contribution >= 0.6 is 11.5 Å². The molecule has 1 atom stereocenters. The molecule has 1 aromatic heterocycles. The lowest BCUT2D eigenvalue weighted by Crippen LogP contribution is -2.27. The maximum atomic E-state index is 14.1. The van der Waals surface area contributed by atoms with Crippen LogP contribution in [0.1, 0.15) is 32.4 Å². The summed E-state index contributed by atoms with van der Waals surface area (Å²) < 4.78 is 24.3. The topological polar surface area (TPSA) is 101 Å². The standard InChI is InChI=1S/C20H20FN3O4S/c1-20(2,3)28-19(27)23-17-13-10-11(8-9-15(13)29-24-17)22-16(18(25)26)12-6-4-5-7-14(12)21/h4-10,16,22H,1-3H3,(H,25,26)(H,23,24,27). The summed E-state index contributed by atoms with van der Waals surface area (Å²) in [6.45, 7) is 5.26. The number of carboxylic acid groups (broad SMARTS) is 1. The molecule has 0 bridgehead atoms. The fourth-order valence-corrected chi connectivity index (χ4v) is 3.38. The van der Waals surface area contributed by atoms with E-state index >= 15 is 0 Å². The van der Waals surface area contributed by atoms with Gasteiger partial charge in [-0.05, 0) is 56.6 Å². The molecule has 0 fully saturated rings. The number of carbonyl (C=O) groups excluding carboxylic acids is 1. The van der Waals surface area contributed by atoms with Gasteiger partial charge < -0.3 is 15.2 Å². The van der Waals surface area contributed by atoms with Crippen LogP contribution in [0.25, 0.3) is 10.1 Å². The Morgan fingerprint density at radius 2 is 1.93 bits per heavy atom. The summed E-state index contributed by atoms with van der Waals surface area (Å²) in [4.78, 5) is 23.7. The predicted molar refractivity (Wildman–Crippen MR) is 110 cm³/mol. The Morgan fingerprint density at radius 3 is 2.59 bits per heavy atom. The van der Waals surface area contributed by atoms with E-state index in [1.165, 1.54) is 29.7 Å². The van der Waals surface area contributed by atoms with Gasteiger partial charge in [0.2, 0.25) is 0 Å². The van der Waals surface area contributed by atoms with Gasteiger partial charge in [-0.15, -0.1) is 0 Å². The SMILES string of the molecule is CC(C)(C)OC(=O)Nc1nsc2ccc(NC(C(=O)O)c3ccccc3F)cc12. The van der Waals surface area contributed by atoms with Crippen molar-refractivity contribution in [2.24, 2.45) is 0 Å². The number of carboxylic acids is 1. The first kappa shape index (κ1) is 20.5. The van der Waals surface area contributed by atoms with Crippen molar-refractivity contribution in [2.75, 3.05) is 10.6 Å². The summed E-state index contributed by atoms with van der Waals surface area (Å²) in [5.41, 5.74) is -0.187. The van der Waals surface area contributed by atoms with Crippen molar-refractivity contribution in [3.8, 4) is 0 Å². The zero-order valence-corrected chi connectivity index (χ0v) is 16.8. The second kappa shape index (κ2) is 8.04. The Kier molecular flexibility index (Phi) is 5.69. The molecule has 0 saturated carbocycles. The van der Waals surface area contributed by atoms with E-state index in [-0.39, 0.29) is 5.56 Å². The summed E-state index contributed by atoms with van der Waals surface area (Å²) in [6, 6.07) is 9.50. The molecule has 0 radical (unpaired) electrons. The molecule has 0 saturated heterocycles. The number of anilines is 2. The Morgan fingerprint density at radius 1 is 1.21 bits per heavy atom. The van der Waals surface area contributed by atoms with E-state index in [0.717, 1.165) is 4.70 Å². The van der Waals surface area contributed by atoms with E-state index in [0.29, 0.717) is 16.9 Å². The van der Waals surface area contributed by atoms with Crippen LogP contribution in [0.3, 0.4) is 0 Å². The lowest BCUT2D eigenvalue weighted by atomic mass is 10.1. The average molecular weight is 417 g/mol. The highest BCUT2D eigenvalue weighted by atomic mass is 32.1. The van der Waals surface area contributed by atoms with Crippen molar-refractivity contribution >= 4 is 45.2 Å². The van der Waals surface area contributed by atoms with Crippen molar-refractivity contribution in [3.05, 3.63) is 53.8 Å². The number of aromatic nitrogens is 1. The summed E-state index contributed by atoms with van der Waals surface area (Å²) in [5.74, 6) is -1.52. The molecular formula is C20H20FN3O4S. The number of rotatable bonds is 5. The Labute approximate surface area is 170 Å².